The number of ether oxygens (including phenoxy) is 1. The highest BCUT2D eigenvalue weighted by Crippen LogP contribution is 2.60. The molecule has 0 spiro atoms. The molecule has 4 aliphatic rings. The number of aromatic amines is 1. The third kappa shape index (κ3) is 3.67. The van der Waals surface area contributed by atoms with Gasteiger partial charge in [0.15, 0.2) is 5.16 Å². The number of nitriles is 1. The van der Waals surface area contributed by atoms with E-state index in [1.807, 2.05) is 6.07 Å². The molecule has 0 atom stereocenters. The molecule has 6 nitrogen and oxygen atoms in total. The molecule has 4 saturated carbocycles. The summed E-state index contributed by atoms with van der Waals surface area (Å²) in [5.41, 5.74) is 0.333. The van der Waals surface area contributed by atoms with Gasteiger partial charge in [-0.3, -0.25) is 9.59 Å². The number of hydrogen-bond donors (Lipinski definition) is 1. The summed E-state index contributed by atoms with van der Waals surface area (Å²) in [6.07, 6.45) is 7.01. The van der Waals surface area contributed by atoms with E-state index in [0.717, 1.165) is 37.0 Å². The summed E-state index contributed by atoms with van der Waals surface area (Å²) in [4.78, 5) is 33.0. The van der Waals surface area contributed by atoms with E-state index in [-0.39, 0.29) is 11.0 Å². The van der Waals surface area contributed by atoms with Crippen LogP contribution in [-0.2, 0) is 4.79 Å². The zero-order valence-electron chi connectivity index (χ0n) is 17.5. The fourth-order valence-electron chi connectivity index (χ4n) is 6.32. The zero-order valence-corrected chi connectivity index (χ0v) is 18.3. The molecule has 160 valence electrons. The lowest BCUT2D eigenvalue weighted by Crippen LogP contribution is -2.50. The Kier molecular flexibility index (Phi) is 5.13. The fourth-order valence-corrected chi connectivity index (χ4v) is 7.22. The molecule has 4 bridgehead atoms. The van der Waals surface area contributed by atoms with Crippen molar-refractivity contribution in [3.63, 3.8) is 0 Å². The van der Waals surface area contributed by atoms with Crippen LogP contribution in [0.25, 0.3) is 11.3 Å². The number of nitrogens with one attached hydrogen (secondary N) is 1. The highest BCUT2D eigenvalue weighted by Gasteiger charge is 2.54. The van der Waals surface area contributed by atoms with Gasteiger partial charge >= 0.3 is 0 Å². The molecule has 1 N–H and O–H groups in total. The number of carbonyl (C=O) groups is 1. The van der Waals surface area contributed by atoms with Gasteiger partial charge in [-0.15, -0.1) is 0 Å². The van der Waals surface area contributed by atoms with Gasteiger partial charge in [0.25, 0.3) is 5.56 Å². The molecule has 4 aliphatic carbocycles. The van der Waals surface area contributed by atoms with E-state index in [4.69, 9.17) is 4.74 Å². The van der Waals surface area contributed by atoms with Gasteiger partial charge in [-0.25, -0.2) is 4.98 Å². The van der Waals surface area contributed by atoms with Crippen molar-refractivity contribution in [2.45, 2.75) is 43.7 Å². The molecule has 31 heavy (non-hydrogen) atoms. The Bertz CT molecular complexity index is 1080. The minimum atomic E-state index is -0.479. The lowest BCUT2D eigenvalue weighted by atomic mass is 9.48. The topological polar surface area (TPSA) is 95.8 Å². The van der Waals surface area contributed by atoms with E-state index >= 15 is 0 Å². The van der Waals surface area contributed by atoms with E-state index in [9.17, 15) is 14.9 Å². The summed E-state index contributed by atoms with van der Waals surface area (Å²) < 4.78 is 5.18. The van der Waals surface area contributed by atoms with Gasteiger partial charge in [-0.05, 0) is 80.5 Å². The number of thioether (sulfide) groups is 1. The Morgan fingerprint density at radius 3 is 2.35 bits per heavy atom. The predicted molar refractivity (Wildman–Crippen MR) is 118 cm³/mol. The number of nitrogens with zero attached hydrogens (tertiary/aromatic N) is 2. The Hall–Kier alpha value is -2.59. The second-order valence-corrected chi connectivity index (χ2v) is 10.3. The van der Waals surface area contributed by atoms with Crippen molar-refractivity contribution < 1.29 is 9.53 Å². The monoisotopic (exact) mass is 435 g/mol. The normalized spacial score (nSPS) is 28.3. The first-order valence-electron chi connectivity index (χ1n) is 10.8. The highest BCUT2D eigenvalue weighted by atomic mass is 32.2. The third-order valence-electron chi connectivity index (χ3n) is 7.34. The van der Waals surface area contributed by atoms with E-state index in [1.54, 1.807) is 31.4 Å². The number of hydrogen-bond acceptors (Lipinski definition) is 6. The minimum Gasteiger partial charge on any atom is -0.497 e. The molecule has 1 heterocycles. The Labute approximate surface area is 185 Å². The number of carbonyl (C=O) groups excluding carboxylic acids is 1. The van der Waals surface area contributed by atoms with Crippen LogP contribution in [0.5, 0.6) is 5.75 Å². The van der Waals surface area contributed by atoms with Crippen LogP contribution in [0, 0.1) is 34.5 Å². The summed E-state index contributed by atoms with van der Waals surface area (Å²) in [7, 11) is 1.58. The summed E-state index contributed by atoms with van der Waals surface area (Å²) in [5.74, 6) is 3.44. The van der Waals surface area contributed by atoms with Crippen LogP contribution in [0.1, 0.15) is 44.1 Å². The SMILES string of the molecule is COc1ccc(-c2nc(SCC(=O)C34CC5CC(CC(C5)C3)C4)[nH]c(=O)c2C#N)cc1. The number of aromatic nitrogens is 2. The molecule has 0 aliphatic heterocycles. The second-order valence-electron chi connectivity index (χ2n) is 9.34. The molecule has 6 rings (SSSR count). The van der Waals surface area contributed by atoms with Crippen LogP contribution < -0.4 is 10.3 Å². The Morgan fingerprint density at radius 2 is 1.81 bits per heavy atom. The van der Waals surface area contributed by atoms with Gasteiger partial charge in [0.2, 0.25) is 0 Å². The average Bonchev–Trinajstić information content (AvgIpc) is 2.76. The molecule has 2 aromatic rings. The number of H-pyrrole nitrogens is 1. The number of Topliss-reactive ketones (excluding diaryl/α,β-unsaturated/α-hetero) is 1. The quantitative estimate of drug-likeness (QED) is 0.540. The van der Waals surface area contributed by atoms with Crippen LogP contribution in [0.15, 0.2) is 34.2 Å². The minimum absolute atomic E-state index is 0.0260. The number of benzene rings is 1. The van der Waals surface area contributed by atoms with Gasteiger partial charge in [0, 0.05) is 11.0 Å². The van der Waals surface area contributed by atoms with Crippen molar-refractivity contribution in [3.8, 4) is 23.1 Å². The summed E-state index contributed by atoms with van der Waals surface area (Å²) in [5, 5.41) is 9.85. The molecule has 1 aromatic carbocycles. The second kappa shape index (κ2) is 7.83. The molecule has 1 aromatic heterocycles. The van der Waals surface area contributed by atoms with Crippen molar-refractivity contribution in [1.82, 2.24) is 9.97 Å². The van der Waals surface area contributed by atoms with Gasteiger partial charge < -0.3 is 9.72 Å². The van der Waals surface area contributed by atoms with Crippen molar-refractivity contribution in [2.24, 2.45) is 23.2 Å². The largest absolute Gasteiger partial charge is 0.497 e. The first kappa shape index (κ1) is 20.3. The summed E-state index contributed by atoms with van der Waals surface area (Å²) >= 11 is 1.28. The van der Waals surface area contributed by atoms with Crippen molar-refractivity contribution in [1.29, 1.82) is 5.26 Å². The van der Waals surface area contributed by atoms with E-state index < -0.39 is 5.56 Å². The Balaban J connectivity index is 1.37. The van der Waals surface area contributed by atoms with Crippen LogP contribution in [0.4, 0.5) is 0 Å². The zero-order chi connectivity index (χ0) is 21.6. The maximum atomic E-state index is 13.3. The van der Waals surface area contributed by atoms with Crippen LogP contribution in [-0.4, -0.2) is 28.6 Å². The standard InChI is InChI=1S/C24H25N3O3S/c1-30-18-4-2-17(3-5-18)21-19(12-25)22(29)27-23(26-21)31-13-20(28)24-9-14-6-15(10-24)8-16(7-14)11-24/h2-5,14-16H,6-11,13H2,1H3,(H,26,27,29). The van der Waals surface area contributed by atoms with E-state index in [2.05, 4.69) is 9.97 Å². The van der Waals surface area contributed by atoms with Crippen LogP contribution in [0.2, 0.25) is 0 Å². The number of ketones is 1. The number of methoxy groups -OCH3 is 1. The predicted octanol–water partition coefficient (Wildman–Crippen LogP) is 4.19. The lowest BCUT2D eigenvalue weighted by molar-refractivity contribution is -0.141. The van der Waals surface area contributed by atoms with Crippen LogP contribution >= 0.6 is 11.8 Å². The number of rotatable bonds is 6. The lowest BCUT2D eigenvalue weighted by Gasteiger charge is -2.56. The van der Waals surface area contributed by atoms with Gasteiger partial charge in [0.05, 0.1) is 18.6 Å². The van der Waals surface area contributed by atoms with E-state index in [0.29, 0.717) is 33.7 Å². The van der Waals surface area contributed by atoms with Gasteiger partial charge in [-0.2, -0.15) is 5.26 Å². The van der Waals surface area contributed by atoms with Crippen molar-refractivity contribution in [2.75, 3.05) is 12.9 Å². The van der Waals surface area contributed by atoms with Gasteiger partial charge in [-0.1, -0.05) is 11.8 Å². The molecule has 0 unspecified atom stereocenters. The first-order valence-corrected chi connectivity index (χ1v) is 11.8. The molecule has 0 amide bonds. The maximum absolute atomic E-state index is 13.3. The average molecular weight is 436 g/mol. The molecular formula is C24H25N3O3S. The first-order chi connectivity index (χ1) is 15.0. The molecule has 0 saturated heterocycles. The van der Waals surface area contributed by atoms with Crippen molar-refractivity contribution >= 4 is 17.5 Å². The molecule has 0 radical (unpaired) electrons. The fraction of sp³-hybridized carbons (Fsp3) is 0.500. The third-order valence-corrected chi connectivity index (χ3v) is 8.22. The maximum Gasteiger partial charge on any atom is 0.270 e. The molecule has 7 heteroatoms. The van der Waals surface area contributed by atoms with Crippen molar-refractivity contribution in [3.05, 3.63) is 40.2 Å². The smallest absolute Gasteiger partial charge is 0.270 e. The highest BCUT2D eigenvalue weighted by molar-refractivity contribution is 7.99. The Morgan fingerprint density at radius 1 is 1.19 bits per heavy atom. The van der Waals surface area contributed by atoms with E-state index in [1.165, 1.54) is 31.0 Å². The van der Waals surface area contributed by atoms with Gasteiger partial charge in [0.1, 0.15) is 23.2 Å². The summed E-state index contributed by atoms with van der Waals surface area (Å²) in [6, 6.07) is 9.04. The molecule has 4 fully saturated rings. The summed E-state index contributed by atoms with van der Waals surface area (Å²) in [6.45, 7) is 0. The van der Waals surface area contributed by atoms with Crippen LogP contribution in [0.3, 0.4) is 0 Å². The molecular weight excluding hydrogens is 410 g/mol.